The quantitative estimate of drug-likeness (QED) is 0.845. The fourth-order valence-electron chi connectivity index (χ4n) is 1.80. The largest absolute Gasteiger partial charge is 0.399 e. The van der Waals surface area contributed by atoms with Crippen LogP contribution in [0, 0.1) is 6.92 Å². The summed E-state index contributed by atoms with van der Waals surface area (Å²) >= 11 is 5.99. The standard InChI is InChI=1S/C15H15ClN2O/c1-10-4-2-3-5-11(10)9-18-15(19)13-8-12(17)6-7-14(13)16/h2-8H,9,17H2,1H3,(H,18,19). The van der Waals surface area contributed by atoms with Crippen molar-refractivity contribution in [1.29, 1.82) is 0 Å². The molecule has 98 valence electrons. The zero-order valence-corrected chi connectivity index (χ0v) is 11.4. The van der Waals surface area contributed by atoms with Crippen LogP contribution in [0.15, 0.2) is 42.5 Å². The average molecular weight is 275 g/mol. The van der Waals surface area contributed by atoms with Crippen LogP contribution in [0.3, 0.4) is 0 Å². The summed E-state index contributed by atoms with van der Waals surface area (Å²) in [7, 11) is 0. The van der Waals surface area contributed by atoms with E-state index in [2.05, 4.69) is 5.32 Å². The van der Waals surface area contributed by atoms with E-state index >= 15 is 0 Å². The molecule has 0 spiro atoms. The zero-order chi connectivity index (χ0) is 13.8. The van der Waals surface area contributed by atoms with Gasteiger partial charge in [-0.25, -0.2) is 0 Å². The van der Waals surface area contributed by atoms with Crippen LogP contribution in [-0.2, 0) is 6.54 Å². The van der Waals surface area contributed by atoms with Crippen molar-refractivity contribution in [3.8, 4) is 0 Å². The van der Waals surface area contributed by atoms with Crippen molar-refractivity contribution in [2.75, 3.05) is 5.73 Å². The first kappa shape index (κ1) is 13.4. The molecule has 0 saturated heterocycles. The molecule has 4 heteroatoms. The van der Waals surface area contributed by atoms with E-state index in [0.717, 1.165) is 11.1 Å². The lowest BCUT2D eigenvalue weighted by molar-refractivity contribution is 0.0951. The number of hydrogen-bond donors (Lipinski definition) is 2. The van der Waals surface area contributed by atoms with Crippen molar-refractivity contribution in [3.63, 3.8) is 0 Å². The third-order valence-corrected chi connectivity index (χ3v) is 3.27. The minimum Gasteiger partial charge on any atom is -0.399 e. The number of rotatable bonds is 3. The van der Waals surface area contributed by atoms with Gasteiger partial charge in [0.1, 0.15) is 0 Å². The van der Waals surface area contributed by atoms with Crippen LogP contribution in [0.2, 0.25) is 5.02 Å². The normalized spacial score (nSPS) is 10.2. The number of carbonyl (C=O) groups is 1. The molecule has 2 aromatic rings. The van der Waals surface area contributed by atoms with Crippen LogP contribution >= 0.6 is 11.6 Å². The van der Waals surface area contributed by atoms with Gasteiger partial charge in [0.25, 0.3) is 5.91 Å². The minimum atomic E-state index is -0.222. The molecule has 3 nitrogen and oxygen atoms in total. The van der Waals surface area contributed by atoms with Gasteiger partial charge in [-0.3, -0.25) is 4.79 Å². The van der Waals surface area contributed by atoms with Crippen LogP contribution in [-0.4, -0.2) is 5.91 Å². The molecule has 0 aliphatic heterocycles. The Morgan fingerprint density at radius 2 is 2.00 bits per heavy atom. The van der Waals surface area contributed by atoms with Crippen molar-refractivity contribution in [3.05, 3.63) is 64.2 Å². The molecule has 0 bridgehead atoms. The summed E-state index contributed by atoms with van der Waals surface area (Å²) in [6.07, 6.45) is 0. The molecule has 1 amide bonds. The summed E-state index contributed by atoms with van der Waals surface area (Å²) in [5.41, 5.74) is 8.80. The number of aryl methyl sites for hydroxylation is 1. The smallest absolute Gasteiger partial charge is 0.253 e. The fourth-order valence-corrected chi connectivity index (χ4v) is 2.00. The summed E-state index contributed by atoms with van der Waals surface area (Å²) in [6, 6.07) is 12.8. The van der Waals surface area contributed by atoms with Gasteiger partial charge in [0.2, 0.25) is 0 Å². The van der Waals surface area contributed by atoms with E-state index in [1.807, 2.05) is 31.2 Å². The highest BCUT2D eigenvalue weighted by molar-refractivity contribution is 6.34. The van der Waals surface area contributed by atoms with Crippen LogP contribution in [0.4, 0.5) is 5.69 Å². The third-order valence-electron chi connectivity index (χ3n) is 2.94. The van der Waals surface area contributed by atoms with E-state index in [1.54, 1.807) is 18.2 Å². The first-order chi connectivity index (χ1) is 9.08. The molecule has 0 aliphatic carbocycles. The SMILES string of the molecule is Cc1ccccc1CNC(=O)c1cc(N)ccc1Cl. The fraction of sp³-hybridized carbons (Fsp3) is 0.133. The highest BCUT2D eigenvalue weighted by atomic mass is 35.5. The lowest BCUT2D eigenvalue weighted by Gasteiger charge is -2.09. The van der Waals surface area contributed by atoms with E-state index in [1.165, 1.54) is 0 Å². The summed E-state index contributed by atoms with van der Waals surface area (Å²) in [6.45, 7) is 2.48. The molecule has 0 aromatic heterocycles. The van der Waals surface area contributed by atoms with Gasteiger partial charge >= 0.3 is 0 Å². The van der Waals surface area contributed by atoms with Crippen molar-refractivity contribution >= 4 is 23.2 Å². The second kappa shape index (κ2) is 5.76. The Balaban J connectivity index is 2.10. The van der Waals surface area contributed by atoms with Gasteiger partial charge in [-0.05, 0) is 36.2 Å². The Kier molecular flexibility index (Phi) is 4.07. The van der Waals surface area contributed by atoms with Crippen LogP contribution < -0.4 is 11.1 Å². The second-order valence-electron chi connectivity index (χ2n) is 4.35. The van der Waals surface area contributed by atoms with Gasteiger partial charge < -0.3 is 11.1 Å². The zero-order valence-electron chi connectivity index (χ0n) is 10.6. The van der Waals surface area contributed by atoms with Crippen LogP contribution in [0.5, 0.6) is 0 Å². The Morgan fingerprint density at radius 1 is 1.26 bits per heavy atom. The van der Waals surface area contributed by atoms with E-state index in [9.17, 15) is 4.79 Å². The number of hydrogen-bond acceptors (Lipinski definition) is 2. The average Bonchev–Trinajstić information content (AvgIpc) is 2.40. The van der Waals surface area contributed by atoms with Crippen LogP contribution in [0.1, 0.15) is 21.5 Å². The van der Waals surface area contributed by atoms with Gasteiger partial charge in [-0.15, -0.1) is 0 Å². The maximum atomic E-state index is 12.1. The number of nitrogen functional groups attached to an aromatic ring is 1. The Morgan fingerprint density at radius 3 is 2.74 bits per heavy atom. The molecule has 19 heavy (non-hydrogen) atoms. The minimum absolute atomic E-state index is 0.222. The summed E-state index contributed by atoms with van der Waals surface area (Å²) in [5, 5.41) is 3.24. The van der Waals surface area contributed by atoms with Gasteiger partial charge in [0.05, 0.1) is 10.6 Å². The van der Waals surface area contributed by atoms with Crippen molar-refractivity contribution in [1.82, 2.24) is 5.32 Å². The molecule has 0 radical (unpaired) electrons. The Bertz CT molecular complexity index is 611. The molecule has 3 N–H and O–H groups in total. The summed E-state index contributed by atoms with van der Waals surface area (Å²) in [5.74, 6) is -0.222. The molecule has 2 aromatic carbocycles. The molecule has 0 atom stereocenters. The van der Waals surface area contributed by atoms with Gasteiger partial charge in [-0.2, -0.15) is 0 Å². The van der Waals surface area contributed by atoms with E-state index in [4.69, 9.17) is 17.3 Å². The third kappa shape index (κ3) is 3.26. The first-order valence-electron chi connectivity index (χ1n) is 5.95. The van der Waals surface area contributed by atoms with Gasteiger partial charge in [0.15, 0.2) is 0 Å². The van der Waals surface area contributed by atoms with Gasteiger partial charge in [-0.1, -0.05) is 35.9 Å². The first-order valence-corrected chi connectivity index (χ1v) is 6.33. The van der Waals surface area contributed by atoms with Crippen molar-refractivity contribution in [2.45, 2.75) is 13.5 Å². The Hall–Kier alpha value is -2.00. The molecule has 0 unspecified atom stereocenters. The van der Waals surface area contributed by atoms with Gasteiger partial charge in [0, 0.05) is 12.2 Å². The molecule has 0 aliphatic rings. The number of anilines is 1. The number of halogens is 1. The van der Waals surface area contributed by atoms with Crippen molar-refractivity contribution < 1.29 is 4.79 Å². The topological polar surface area (TPSA) is 55.1 Å². The maximum Gasteiger partial charge on any atom is 0.253 e. The van der Waals surface area contributed by atoms with E-state index in [-0.39, 0.29) is 5.91 Å². The summed E-state index contributed by atoms with van der Waals surface area (Å²) in [4.78, 5) is 12.1. The molecule has 2 rings (SSSR count). The molecule has 0 heterocycles. The number of benzene rings is 2. The molecule has 0 fully saturated rings. The molecular weight excluding hydrogens is 260 g/mol. The predicted molar refractivity (Wildman–Crippen MR) is 78.2 cm³/mol. The second-order valence-corrected chi connectivity index (χ2v) is 4.76. The highest BCUT2D eigenvalue weighted by Crippen LogP contribution is 2.19. The molecule has 0 saturated carbocycles. The lowest BCUT2D eigenvalue weighted by atomic mass is 10.1. The van der Waals surface area contributed by atoms with Crippen LogP contribution in [0.25, 0.3) is 0 Å². The van der Waals surface area contributed by atoms with E-state index in [0.29, 0.717) is 22.8 Å². The van der Waals surface area contributed by atoms with Crippen molar-refractivity contribution in [2.24, 2.45) is 0 Å². The maximum absolute atomic E-state index is 12.1. The molecular formula is C15H15ClN2O. The highest BCUT2D eigenvalue weighted by Gasteiger charge is 2.10. The monoisotopic (exact) mass is 274 g/mol. The summed E-state index contributed by atoms with van der Waals surface area (Å²) < 4.78 is 0. The number of nitrogens with one attached hydrogen (secondary N) is 1. The number of nitrogens with two attached hydrogens (primary N) is 1. The Labute approximate surface area is 117 Å². The lowest BCUT2D eigenvalue weighted by Crippen LogP contribution is -2.23. The number of amides is 1. The van der Waals surface area contributed by atoms with E-state index < -0.39 is 0 Å². The number of carbonyl (C=O) groups excluding carboxylic acids is 1. The predicted octanol–water partition coefficient (Wildman–Crippen LogP) is 3.16.